The number of aromatic nitrogens is 3. The first kappa shape index (κ1) is 17.3. The molecule has 4 unspecified atom stereocenters. The van der Waals surface area contributed by atoms with Gasteiger partial charge < -0.3 is 24.7 Å². The summed E-state index contributed by atoms with van der Waals surface area (Å²) in [4.78, 5) is 9.98. The van der Waals surface area contributed by atoms with E-state index in [1.54, 1.807) is 0 Å². The highest BCUT2D eigenvalue weighted by atomic mass is 16.5. The normalized spacial score (nSPS) is 32.7. The minimum Gasteiger partial charge on any atom is -0.371 e. The third-order valence-electron chi connectivity index (χ3n) is 7.10. The summed E-state index contributed by atoms with van der Waals surface area (Å²) in [5.74, 6) is 2.15. The fourth-order valence-corrected chi connectivity index (χ4v) is 5.64. The van der Waals surface area contributed by atoms with E-state index < -0.39 is 0 Å². The van der Waals surface area contributed by atoms with E-state index in [4.69, 9.17) is 19.6 Å². The molecule has 4 bridgehead atoms. The van der Waals surface area contributed by atoms with Crippen LogP contribution in [0.3, 0.4) is 0 Å². The Bertz CT molecular complexity index is 996. The minimum atomic E-state index is 0.327. The van der Waals surface area contributed by atoms with Gasteiger partial charge in [0.25, 0.3) is 0 Å². The van der Waals surface area contributed by atoms with Crippen LogP contribution in [-0.4, -0.2) is 71.7 Å². The summed E-state index contributed by atoms with van der Waals surface area (Å²) in [6, 6.07) is 2.23. The Hall–Kier alpha value is -2.36. The van der Waals surface area contributed by atoms with Crippen LogP contribution in [0.1, 0.15) is 31.2 Å². The van der Waals surface area contributed by atoms with Crippen molar-refractivity contribution < 1.29 is 9.47 Å². The van der Waals surface area contributed by atoms with Gasteiger partial charge in [-0.1, -0.05) is 0 Å². The first-order valence-electron chi connectivity index (χ1n) is 11.2. The van der Waals surface area contributed by atoms with Crippen LogP contribution in [0.15, 0.2) is 18.3 Å². The van der Waals surface area contributed by atoms with Crippen molar-refractivity contribution in [3.8, 4) is 0 Å². The standard InChI is InChI=1S/C21H27N7O2/c1-2-14-10-26(9-13(1)29-14)19-7-20(27-11-15-3-4-16(12-27)30-15)28-21(24-19)17(8-23-28)18-5-6-22-25-18/h5,7-8,13-16,22,25H,1-4,6,9-12H2. The number of nitrogens with one attached hydrogen (secondary N) is 2. The van der Waals surface area contributed by atoms with Crippen LogP contribution < -0.4 is 20.7 Å². The van der Waals surface area contributed by atoms with Gasteiger partial charge in [-0.3, -0.25) is 0 Å². The molecule has 30 heavy (non-hydrogen) atoms. The number of fused-ring (bicyclic) bond motifs is 5. The van der Waals surface area contributed by atoms with Gasteiger partial charge in [-0.05, 0) is 31.8 Å². The Balaban J connectivity index is 1.34. The quantitative estimate of drug-likeness (QED) is 0.775. The summed E-state index contributed by atoms with van der Waals surface area (Å²) < 4.78 is 14.2. The zero-order valence-electron chi connectivity index (χ0n) is 17.0. The van der Waals surface area contributed by atoms with E-state index in [9.17, 15) is 0 Å². The van der Waals surface area contributed by atoms with Crippen molar-refractivity contribution in [2.45, 2.75) is 50.1 Å². The summed E-state index contributed by atoms with van der Waals surface area (Å²) >= 11 is 0. The molecule has 0 aliphatic carbocycles. The maximum absolute atomic E-state index is 6.09. The molecule has 158 valence electrons. The van der Waals surface area contributed by atoms with Gasteiger partial charge in [-0.15, -0.1) is 0 Å². The Morgan fingerprint density at radius 1 is 0.900 bits per heavy atom. The fourth-order valence-electron chi connectivity index (χ4n) is 5.64. The molecule has 4 atom stereocenters. The molecule has 2 aromatic rings. The molecule has 0 spiro atoms. The highest BCUT2D eigenvalue weighted by molar-refractivity contribution is 5.77. The molecule has 9 heteroatoms. The summed E-state index contributed by atoms with van der Waals surface area (Å²) in [7, 11) is 0. The SMILES string of the molecule is C1=C(c2cnn3c(N4CC5CCC(C4)O5)cc(N4CC5CCC(C4)O5)nc23)NNC1. The zero-order valence-corrected chi connectivity index (χ0v) is 17.0. The van der Waals surface area contributed by atoms with Crippen molar-refractivity contribution in [1.29, 1.82) is 0 Å². The predicted octanol–water partition coefficient (Wildman–Crippen LogP) is 0.913. The molecule has 0 amide bonds. The Morgan fingerprint density at radius 2 is 1.57 bits per heavy atom. The third-order valence-corrected chi connectivity index (χ3v) is 7.10. The average Bonchev–Trinajstić information content (AvgIpc) is 3.55. The van der Waals surface area contributed by atoms with Crippen LogP contribution in [0.4, 0.5) is 11.6 Å². The Labute approximate surface area is 175 Å². The topological polar surface area (TPSA) is 79.2 Å². The van der Waals surface area contributed by atoms with E-state index in [0.717, 1.165) is 87.0 Å². The van der Waals surface area contributed by atoms with Crippen LogP contribution in [0, 0.1) is 0 Å². The largest absolute Gasteiger partial charge is 0.371 e. The van der Waals surface area contributed by atoms with Gasteiger partial charge in [-0.25, -0.2) is 10.4 Å². The van der Waals surface area contributed by atoms with Crippen molar-refractivity contribution in [3.63, 3.8) is 0 Å². The molecular formula is C21H27N7O2. The van der Waals surface area contributed by atoms with Crippen LogP contribution in [0.2, 0.25) is 0 Å². The number of hydrazine groups is 1. The van der Waals surface area contributed by atoms with Crippen LogP contribution in [0.25, 0.3) is 11.3 Å². The highest BCUT2D eigenvalue weighted by Crippen LogP contribution is 2.35. The fraction of sp³-hybridized carbons (Fsp3) is 0.619. The molecule has 0 radical (unpaired) electrons. The molecule has 4 saturated heterocycles. The maximum atomic E-state index is 6.09. The second kappa shape index (κ2) is 6.57. The monoisotopic (exact) mass is 409 g/mol. The Morgan fingerprint density at radius 3 is 2.20 bits per heavy atom. The second-order valence-electron chi connectivity index (χ2n) is 9.11. The molecule has 0 aromatic carbocycles. The van der Waals surface area contributed by atoms with E-state index in [-0.39, 0.29) is 0 Å². The average molecular weight is 409 g/mol. The van der Waals surface area contributed by atoms with Crippen molar-refractivity contribution in [1.82, 2.24) is 25.4 Å². The van der Waals surface area contributed by atoms with Crippen LogP contribution in [-0.2, 0) is 9.47 Å². The lowest BCUT2D eigenvalue weighted by Crippen LogP contribution is -2.45. The van der Waals surface area contributed by atoms with E-state index in [1.807, 2.05) is 10.7 Å². The van der Waals surface area contributed by atoms with Crippen molar-refractivity contribution in [2.75, 3.05) is 42.5 Å². The summed E-state index contributed by atoms with van der Waals surface area (Å²) in [6.07, 6.45) is 10.0. The molecule has 9 nitrogen and oxygen atoms in total. The molecule has 2 N–H and O–H groups in total. The van der Waals surface area contributed by atoms with Crippen LogP contribution in [0.5, 0.6) is 0 Å². The van der Waals surface area contributed by atoms with Gasteiger partial charge in [0.1, 0.15) is 11.6 Å². The summed E-state index contributed by atoms with van der Waals surface area (Å²) in [5.41, 5.74) is 9.40. The van der Waals surface area contributed by atoms with Crippen molar-refractivity contribution in [3.05, 3.63) is 23.9 Å². The zero-order chi connectivity index (χ0) is 19.7. The molecule has 7 heterocycles. The number of nitrogens with zero attached hydrogens (tertiary/aromatic N) is 5. The van der Waals surface area contributed by atoms with Gasteiger partial charge in [0.2, 0.25) is 0 Å². The van der Waals surface area contributed by atoms with Gasteiger partial charge >= 0.3 is 0 Å². The number of ether oxygens (including phenoxy) is 2. The molecule has 7 rings (SSSR count). The van der Waals surface area contributed by atoms with Crippen LogP contribution >= 0.6 is 0 Å². The minimum absolute atomic E-state index is 0.327. The molecule has 4 fully saturated rings. The number of hydrogen-bond acceptors (Lipinski definition) is 8. The lowest BCUT2D eigenvalue weighted by molar-refractivity contribution is 0.0298. The van der Waals surface area contributed by atoms with Crippen molar-refractivity contribution in [2.24, 2.45) is 0 Å². The number of morpholine rings is 2. The van der Waals surface area contributed by atoms with Crippen molar-refractivity contribution >= 4 is 23.0 Å². The number of hydrogen-bond donors (Lipinski definition) is 2. The number of rotatable bonds is 3. The highest BCUT2D eigenvalue weighted by Gasteiger charge is 2.37. The summed E-state index contributed by atoms with van der Waals surface area (Å²) in [5, 5.41) is 4.76. The molecule has 5 aliphatic heterocycles. The van der Waals surface area contributed by atoms with Gasteiger partial charge in [0, 0.05) is 38.8 Å². The van der Waals surface area contributed by atoms with E-state index in [2.05, 4.69) is 32.8 Å². The van der Waals surface area contributed by atoms with E-state index in [1.165, 1.54) is 0 Å². The molecule has 0 saturated carbocycles. The third kappa shape index (κ3) is 2.72. The lowest BCUT2D eigenvalue weighted by Gasteiger charge is -2.36. The lowest BCUT2D eigenvalue weighted by atomic mass is 10.2. The molecule has 2 aromatic heterocycles. The van der Waals surface area contributed by atoms with Gasteiger partial charge in [-0.2, -0.15) is 9.61 Å². The first-order valence-corrected chi connectivity index (χ1v) is 11.2. The van der Waals surface area contributed by atoms with Gasteiger partial charge in [0.05, 0.1) is 41.9 Å². The number of anilines is 2. The predicted molar refractivity (Wildman–Crippen MR) is 112 cm³/mol. The van der Waals surface area contributed by atoms with Gasteiger partial charge in [0.15, 0.2) is 5.65 Å². The van der Waals surface area contributed by atoms with E-state index in [0.29, 0.717) is 24.4 Å². The summed E-state index contributed by atoms with van der Waals surface area (Å²) in [6.45, 7) is 4.47. The Kier molecular flexibility index (Phi) is 3.79. The smallest absolute Gasteiger partial charge is 0.169 e. The second-order valence-corrected chi connectivity index (χ2v) is 9.11. The first-order chi connectivity index (χ1) is 14.8. The molecular weight excluding hydrogens is 382 g/mol. The maximum Gasteiger partial charge on any atom is 0.169 e. The molecule has 5 aliphatic rings. The van der Waals surface area contributed by atoms with E-state index >= 15 is 0 Å².